The predicted octanol–water partition coefficient (Wildman–Crippen LogP) is -1.07. The van der Waals surface area contributed by atoms with E-state index in [1.54, 1.807) is 6.92 Å². The molecule has 1 N–H and O–H groups in total. The molecule has 0 heterocycles. The summed E-state index contributed by atoms with van der Waals surface area (Å²) >= 11 is 0. The summed E-state index contributed by atoms with van der Waals surface area (Å²) in [5.41, 5.74) is 0. The molecule has 5 heteroatoms. The topological polar surface area (TPSA) is 49.8 Å². The van der Waals surface area contributed by atoms with Crippen molar-refractivity contribution in [3.63, 3.8) is 0 Å². The Balaban J connectivity index is 3.19. The standard InChI is InChI=1S/C6H12BNO3/c1-6(4-9)11-3-2-8(7)5-10/h5-6,9H,2-4H2,1H3. The Morgan fingerprint density at radius 3 is 2.91 bits per heavy atom. The highest BCUT2D eigenvalue weighted by molar-refractivity contribution is 6.10. The molecule has 1 atom stereocenters. The second-order valence-electron chi connectivity index (χ2n) is 2.21. The van der Waals surface area contributed by atoms with Gasteiger partial charge in [0, 0.05) is 6.54 Å². The minimum Gasteiger partial charge on any atom is -0.397 e. The van der Waals surface area contributed by atoms with Gasteiger partial charge in [0.1, 0.15) is 0 Å². The Kier molecular flexibility index (Phi) is 5.88. The van der Waals surface area contributed by atoms with Crippen LogP contribution in [0.2, 0.25) is 0 Å². The molecule has 0 bridgehead atoms. The van der Waals surface area contributed by atoms with Gasteiger partial charge in [-0.2, -0.15) is 0 Å². The van der Waals surface area contributed by atoms with Crippen molar-refractivity contribution in [1.29, 1.82) is 0 Å². The lowest BCUT2D eigenvalue weighted by Gasteiger charge is -2.13. The largest absolute Gasteiger partial charge is 0.397 e. The second-order valence-corrected chi connectivity index (χ2v) is 2.21. The SMILES string of the molecule is [B]N(C=O)CCOC(C)CO. The monoisotopic (exact) mass is 157 g/mol. The third-order valence-corrected chi connectivity index (χ3v) is 1.14. The maximum atomic E-state index is 9.95. The highest BCUT2D eigenvalue weighted by atomic mass is 16.5. The Morgan fingerprint density at radius 2 is 2.45 bits per heavy atom. The third-order valence-electron chi connectivity index (χ3n) is 1.14. The van der Waals surface area contributed by atoms with Crippen molar-refractivity contribution in [2.75, 3.05) is 19.8 Å². The van der Waals surface area contributed by atoms with Gasteiger partial charge < -0.3 is 14.7 Å². The Hall–Kier alpha value is -0.545. The van der Waals surface area contributed by atoms with Crippen molar-refractivity contribution < 1.29 is 14.6 Å². The molecule has 0 aliphatic heterocycles. The van der Waals surface area contributed by atoms with Gasteiger partial charge in [-0.3, -0.25) is 4.79 Å². The molecule has 0 aromatic heterocycles. The van der Waals surface area contributed by atoms with Crippen LogP contribution in [0.5, 0.6) is 0 Å². The first-order chi connectivity index (χ1) is 5.20. The number of ether oxygens (including phenoxy) is 1. The van der Waals surface area contributed by atoms with E-state index in [0.717, 1.165) is 4.81 Å². The molecule has 0 aromatic rings. The zero-order valence-corrected chi connectivity index (χ0v) is 6.56. The summed E-state index contributed by atoms with van der Waals surface area (Å²) < 4.78 is 5.03. The number of nitrogens with zero attached hydrogens (tertiary/aromatic N) is 1. The van der Waals surface area contributed by atoms with Crippen molar-refractivity contribution in [3.05, 3.63) is 0 Å². The average molecular weight is 157 g/mol. The van der Waals surface area contributed by atoms with E-state index >= 15 is 0 Å². The maximum absolute atomic E-state index is 9.95. The lowest BCUT2D eigenvalue weighted by molar-refractivity contribution is -0.114. The molecule has 62 valence electrons. The van der Waals surface area contributed by atoms with Gasteiger partial charge in [0.15, 0.2) is 6.41 Å². The summed E-state index contributed by atoms with van der Waals surface area (Å²) in [5, 5.41) is 8.52. The van der Waals surface area contributed by atoms with Gasteiger partial charge in [-0.25, -0.2) is 0 Å². The van der Waals surface area contributed by atoms with Gasteiger partial charge in [-0.1, -0.05) is 0 Å². The molecule has 0 saturated heterocycles. The van der Waals surface area contributed by atoms with E-state index < -0.39 is 0 Å². The number of carbonyl (C=O) groups is 1. The zero-order valence-electron chi connectivity index (χ0n) is 6.56. The summed E-state index contributed by atoms with van der Waals surface area (Å²) in [6.45, 7) is 2.40. The zero-order chi connectivity index (χ0) is 8.69. The van der Waals surface area contributed by atoms with Crippen LogP contribution in [-0.2, 0) is 9.53 Å². The van der Waals surface area contributed by atoms with Gasteiger partial charge in [-0.05, 0) is 6.92 Å². The minimum absolute atomic E-state index is 0.0222. The van der Waals surface area contributed by atoms with Crippen LogP contribution >= 0.6 is 0 Å². The second kappa shape index (κ2) is 6.18. The highest BCUT2D eigenvalue weighted by Gasteiger charge is 1.99. The van der Waals surface area contributed by atoms with Crippen LogP contribution < -0.4 is 0 Å². The molecule has 11 heavy (non-hydrogen) atoms. The fourth-order valence-corrected chi connectivity index (χ4v) is 0.465. The quantitative estimate of drug-likeness (QED) is 0.394. The minimum atomic E-state index is -0.199. The summed E-state index contributed by atoms with van der Waals surface area (Å²) in [5.74, 6) is 0. The molecular formula is C6H12BNO3. The fourth-order valence-electron chi connectivity index (χ4n) is 0.465. The van der Waals surface area contributed by atoms with E-state index in [-0.39, 0.29) is 12.7 Å². The number of carbonyl (C=O) groups excluding carboxylic acids is 1. The first-order valence-corrected chi connectivity index (χ1v) is 3.39. The van der Waals surface area contributed by atoms with Crippen LogP contribution in [0.15, 0.2) is 0 Å². The maximum Gasteiger partial charge on any atom is 0.230 e. The molecule has 0 aliphatic carbocycles. The lowest BCUT2D eigenvalue weighted by atomic mass is 10.3. The van der Waals surface area contributed by atoms with Crippen molar-refractivity contribution >= 4 is 14.4 Å². The molecule has 0 aliphatic rings. The van der Waals surface area contributed by atoms with Crippen LogP contribution in [0, 0.1) is 0 Å². The van der Waals surface area contributed by atoms with Gasteiger partial charge in [-0.15, -0.1) is 0 Å². The molecule has 0 rings (SSSR count). The van der Waals surface area contributed by atoms with Crippen LogP contribution in [-0.4, -0.2) is 50.2 Å². The Bertz CT molecular complexity index is 112. The molecule has 1 unspecified atom stereocenters. The number of amides is 1. The normalized spacial score (nSPS) is 12.5. The van der Waals surface area contributed by atoms with Gasteiger partial charge in [0.05, 0.1) is 19.3 Å². The number of rotatable bonds is 6. The summed E-state index contributed by atoms with van der Waals surface area (Å²) in [4.78, 5) is 10.9. The van der Waals surface area contributed by atoms with Gasteiger partial charge >= 0.3 is 0 Å². The first kappa shape index (κ1) is 10.5. The third kappa shape index (κ3) is 5.88. The number of aliphatic hydroxyl groups is 1. The molecule has 0 saturated carbocycles. The van der Waals surface area contributed by atoms with Gasteiger partial charge in [0.2, 0.25) is 7.98 Å². The lowest BCUT2D eigenvalue weighted by Crippen LogP contribution is -2.25. The molecule has 0 aromatic carbocycles. The van der Waals surface area contributed by atoms with Crippen LogP contribution in [0.1, 0.15) is 6.92 Å². The van der Waals surface area contributed by atoms with Crippen molar-refractivity contribution in [2.24, 2.45) is 0 Å². The molecule has 0 spiro atoms. The van der Waals surface area contributed by atoms with Crippen molar-refractivity contribution in [3.8, 4) is 0 Å². The summed E-state index contributed by atoms with van der Waals surface area (Å²) in [7, 11) is 5.12. The van der Waals surface area contributed by atoms with Gasteiger partial charge in [0.25, 0.3) is 0 Å². The molecular weight excluding hydrogens is 145 g/mol. The van der Waals surface area contributed by atoms with Crippen LogP contribution in [0.3, 0.4) is 0 Å². The van der Waals surface area contributed by atoms with E-state index in [4.69, 9.17) is 17.8 Å². The van der Waals surface area contributed by atoms with Crippen molar-refractivity contribution in [1.82, 2.24) is 4.81 Å². The van der Waals surface area contributed by atoms with E-state index in [2.05, 4.69) is 0 Å². The van der Waals surface area contributed by atoms with Crippen LogP contribution in [0.4, 0.5) is 0 Å². The Labute approximate surface area is 67.6 Å². The first-order valence-electron chi connectivity index (χ1n) is 3.39. The number of hydrogen-bond acceptors (Lipinski definition) is 3. The summed E-state index contributed by atoms with van der Waals surface area (Å²) in [6.07, 6.45) is 0.322. The average Bonchev–Trinajstić information content (AvgIpc) is 2.04. The predicted molar refractivity (Wildman–Crippen MR) is 41.0 cm³/mol. The smallest absolute Gasteiger partial charge is 0.230 e. The van der Waals surface area contributed by atoms with E-state index in [1.807, 2.05) is 0 Å². The summed E-state index contributed by atoms with van der Waals surface area (Å²) in [6, 6.07) is 0. The molecule has 0 fully saturated rings. The highest BCUT2D eigenvalue weighted by Crippen LogP contribution is 1.87. The molecule has 2 radical (unpaired) electrons. The van der Waals surface area contributed by atoms with Crippen molar-refractivity contribution in [2.45, 2.75) is 13.0 Å². The Morgan fingerprint density at radius 1 is 1.82 bits per heavy atom. The van der Waals surface area contributed by atoms with E-state index in [0.29, 0.717) is 19.6 Å². The fraction of sp³-hybridized carbons (Fsp3) is 0.833. The number of aliphatic hydroxyl groups excluding tert-OH is 1. The molecule has 1 amide bonds. The van der Waals surface area contributed by atoms with Crippen LogP contribution in [0.25, 0.3) is 0 Å². The molecule has 4 nitrogen and oxygen atoms in total. The van der Waals surface area contributed by atoms with E-state index in [1.165, 1.54) is 0 Å². The van der Waals surface area contributed by atoms with E-state index in [9.17, 15) is 4.79 Å². The number of hydrogen-bond donors (Lipinski definition) is 1.